The first kappa shape index (κ1) is 10.8. The lowest BCUT2D eigenvalue weighted by atomic mass is 10.3. The van der Waals surface area contributed by atoms with Gasteiger partial charge in [0.05, 0.1) is 6.33 Å². The van der Waals surface area contributed by atoms with Crippen LogP contribution in [0.15, 0.2) is 41.6 Å². The highest BCUT2D eigenvalue weighted by Crippen LogP contribution is 1.99. The molecule has 0 aliphatic carbocycles. The van der Waals surface area contributed by atoms with Crippen LogP contribution in [0.3, 0.4) is 0 Å². The number of halogens is 1. The number of pyridine rings is 1. The van der Waals surface area contributed by atoms with Gasteiger partial charge < -0.3 is 0 Å². The second kappa shape index (κ2) is 4.90. The topological polar surface area (TPSA) is 47.8 Å². The van der Waals surface area contributed by atoms with E-state index in [1.165, 1.54) is 17.0 Å². The summed E-state index contributed by atoms with van der Waals surface area (Å²) in [4.78, 5) is 19.5. The Balaban J connectivity index is 2.08. The summed E-state index contributed by atoms with van der Waals surface area (Å²) in [6.07, 6.45) is 3.88. The molecule has 82 valence electrons. The number of aryl methyl sites for hydroxylation is 2. The van der Waals surface area contributed by atoms with Crippen molar-refractivity contribution in [2.24, 2.45) is 0 Å². The predicted octanol–water partition coefficient (Wildman–Crippen LogP) is 1.53. The van der Waals surface area contributed by atoms with Gasteiger partial charge in [-0.2, -0.15) is 0 Å². The molecule has 0 aliphatic heterocycles. The minimum absolute atomic E-state index is 0.143. The maximum Gasteiger partial charge on any atom is 0.254 e. The van der Waals surface area contributed by atoms with Gasteiger partial charge >= 0.3 is 0 Å². The molecule has 0 bridgehead atoms. The molecular weight excluding hydrogens is 226 g/mol. The number of hydrogen-bond acceptors (Lipinski definition) is 3. The van der Waals surface area contributed by atoms with Gasteiger partial charge in [0.2, 0.25) is 0 Å². The number of nitrogens with zero attached hydrogens (tertiary/aromatic N) is 3. The van der Waals surface area contributed by atoms with Gasteiger partial charge in [-0.1, -0.05) is 17.7 Å². The van der Waals surface area contributed by atoms with Crippen molar-refractivity contribution in [3.8, 4) is 0 Å². The third-order valence-corrected chi connectivity index (χ3v) is 2.39. The highest BCUT2D eigenvalue weighted by atomic mass is 35.5. The summed E-state index contributed by atoms with van der Waals surface area (Å²) in [6, 6.07) is 7.01. The van der Waals surface area contributed by atoms with E-state index in [4.69, 9.17) is 11.6 Å². The summed E-state index contributed by atoms with van der Waals surface area (Å²) in [5.41, 5.74) is 0.806. The van der Waals surface area contributed by atoms with Crippen molar-refractivity contribution in [3.63, 3.8) is 0 Å². The molecule has 0 unspecified atom stereocenters. The van der Waals surface area contributed by atoms with Gasteiger partial charge in [-0.15, -0.1) is 0 Å². The molecule has 2 aromatic heterocycles. The minimum atomic E-state index is -0.143. The van der Waals surface area contributed by atoms with Crippen LogP contribution < -0.4 is 5.56 Å². The van der Waals surface area contributed by atoms with E-state index in [1.807, 2.05) is 18.2 Å². The monoisotopic (exact) mass is 235 g/mol. The van der Waals surface area contributed by atoms with Crippen molar-refractivity contribution in [2.45, 2.75) is 13.0 Å². The van der Waals surface area contributed by atoms with Gasteiger partial charge in [-0.3, -0.25) is 14.3 Å². The quantitative estimate of drug-likeness (QED) is 0.759. The van der Waals surface area contributed by atoms with Gasteiger partial charge in [0, 0.05) is 30.9 Å². The SMILES string of the molecule is O=c1cc(Cl)ncn1CCc1ccccn1. The van der Waals surface area contributed by atoms with Crippen molar-refractivity contribution < 1.29 is 0 Å². The molecule has 2 heterocycles. The first-order valence-corrected chi connectivity index (χ1v) is 5.25. The highest BCUT2D eigenvalue weighted by Gasteiger charge is 1.99. The molecular formula is C11H10ClN3O. The second-order valence-electron chi connectivity index (χ2n) is 3.31. The number of hydrogen-bond donors (Lipinski definition) is 0. The second-order valence-corrected chi connectivity index (χ2v) is 3.70. The normalized spacial score (nSPS) is 10.3. The summed E-state index contributed by atoms with van der Waals surface area (Å²) in [5.74, 6) is 0. The van der Waals surface area contributed by atoms with Gasteiger partial charge in [-0.05, 0) is 12.1 Å². The maximum atomic E-state index is 11.5. The van der Waals surface area contributed by atoms with E-state index in [0.717, 1.165) is 5.69 Å². The predicted molar refractivity (Wildman–Crippen MR) is 61.4 cm³/mol. The lowest BCUT2D eigenvalue weighted by Crippen LogP contribution is -2.20. The van der Waals surface area contributed by atoms with Crippen LogP contribution in [-0.2, 0) is 13.0 Å². The van der Waals surface area contributed by atoms with E-state index in [-0.39, 0.29) is 10.7 Å². The Hall–Kier alpha value is -1.68. The van der Waals surface area contributed by atoms with Crippen LogP contribution in [0.2, 0.25) is 5.15 Å². The third kappa shape index (κ3) is 2.67. The lowest BCUT2D eigenvalue weighted by Gasteiger charge is -2.03. The Labute approximate surface area is 97.6 Å². The molecule has 0 spiro atoms. The maximum absolute atomic E-state index is 11.5. The Kier molecular flexibility index (Phi) is 3.31. The lowest BCUT2D eigenvalue weighted by molar-refractivity contribution is 0.646. The highest BCUT2D eigenvalue weighted by molar-refractivity contribution is 6.29. The molecule has 16 heavy (non-hydrogen) atoms. The fourth-order valence-corrected chi connectivity index (χ4v) is 1.49. The Morgan fingerprint density at radius 1 is 1.31 bits per heavy atom. The van der Waals surface area contributed by atoms with Crippen molar-refractivity contribution in [1.29, 1.82) is 0 Å². The van der Waals surface area contributed by atoms with E-state index in [2.05, 4.69) is 9.97 Å². The zero-order valence-corrected chi connectivity index (χ0v) is 9.26. The molecule has 0 aliphatic rings. The summed E-state index contributed by atoms with van der Waals surface area (Å²) in [7, 11) is 0. The van der Waals surface area contributed by atoms with E-state index in [0.29, 0.717) is 13.0 Å². The molecule has 0 aromatic carbocycles. The molecule has 2 rings (SSSR count). The van der Waals surface area contributed by atoms with Gasteiger partial charge in [0.15, 0.2) is 0 Å². The van der Waals surface area contributed by atoms with Gasteiger partial charge in [0.1, 0.15) is 5.15 Å². The third-order valence-electron chi connectivity index (χ3n) is 2.18. The molecule has 0 saturated heterocycles. The van der Waals surface area contributed by atoms with Gasteiger partial charge in [-0.25, -0.2) is 4.98 Å². The standard InChI is InChI=1S/C11H10ClN3O/c12-10-7-11(16)15(8-14-10)6-4-9-3-1-2-5-13-9/h1-3,5,7-8H,4,6H2. The molecule has 0 N–H and O–H groups in total. The Bertz CT molecular complexity index is 524. The van der Waals surface area contributed by atoms with Gasteiger partial charge in [0.25, 0.3) is 5.56 Å². The largest absolute Gasteiger partial charge is 0.299 e. The fraction of sp³-hybridized carbons (Fsp3) is 0.182. The van der Waals surface area contributed by atoms with Crippen LogP contribution in [0.1, 0.15) is 5.69 Å². The van der Waals surface area contributed by atoms with E-state index >= 15 is 0 Å². The first-order valence-electron chi connectivity index (χ1n) is 4.87. The summed E-state index contributed by atoms with van der Waals surface area (Å²) < 4.78 is 1.51. The van der Waals surface area contributed by atoms with Crippen molar-refractivity contribution in [3.05, 3.63) is 58.0 Å². The number of rotatable bonds is 3. The summed E-state index contributed by atoms with van der Waals surface area (Å²) in [6.45, 7) is 0.556. The van der Waals surface area contributed by atoms with Crippen molar-refractivity contribution >= 4 is 11.6 Å². The van der Waals surface area contributed by atoms with Crippen LogP contribution in [0.25, 0.3) is 0 Å². The smallest absolute Gasteiger partial charge is 0.254 e. The zero-order valence-electron chi connectivity index (χ0n) is 8.51. The van der Waals surface area contributed by atoms with Crippen LogP contribution in [0, 0.1) is 0 Å². The molecule has 0 saturated carbocycles. The Morgan fingerprint density at radius 3 is 2.88 bits per heavy atom. The molecule has 5 heteroatoms. The van der Waals surface area contributed by atoms with Crippen molar-refractivity contribution in [2.75, 3.05) is 0 Å². The van der Waals surface area contributed by atoms with Crippen LogP contribution in [0.4, 0.5) is 0 Å². The summed E-state index contributed by atoms with van der Waals surface area (Å²) >= 11 is 5.60. The molecule has 0 fully saturated rings. The molecule has 4 nitrogen and oxygen atoms in total. The van der Waals surface area contributed by atoms with Crippen LogP contribution in [0.5, 0.6) is 0 Å². The van der Waals surface area contributed by atoms with Crippen molar-refractivity contribution in [1.82, 2.24) is 14.5 Å². The molecule has 2 aromatic rings. The average molecular weight is 236 g/mol. The van der Waals surface area contributed by atoms with Crippen LogP contribution in [-0.4, -0.2) is 14.5 Å². The van der Waals surface area contributed by atoms with E-state index < -0.39 is 0 Å². The molecule has 0 amide bonds. The van der Waals surface area contributed by atoms with E-state index in [1.54, 1.807) is 6.20 Å². The fourth-order valence-electron chi connectivity index (χ4n) is 1.35. The minimum Gasteiger partial charge on any atom is -0.299 e. The average Bonchev–Trinajstić information content (AvgIpc) is 2.29. The zero-order chi connectivity index (χ0) is 11.4. The first-order chi connectivity index (χ1) is 7.75. The summed E-state index contributed by atoms with van der Waals surface area (Å²) in [5, 5.41) is 0.221. The molecule has 0 atom stereocenters. The van der Waals surface area contributed by atoms with E-state index in [9.17, 15) is 4.79 Å². The number of aromatic nitrogens is 3. The Morgan fingerprint density at radius 2 is 2.19 bits per heavy atom. The molecule has 0 radical (unpaired) electrons. The van der Waals surface area contributed by atoms with Crippen LogP contribution >= 0.6 is 11.6 Å².